The molecule has 0 spiro atoms. The number of carbonyl (C=O) groups is 2. The maximum Gasteiger partial charge on any atom is 0.490 e. The third kappa shape index (κ3) is 23.3. The first-order chi connectivity index (χ1) is 19.6. The lowest BCUT2D eigenvalue weighted by atomic mass is 9.88. The number of likely N-dealkylation sites (tertiary alicyclic amines) is 1. The molecule has 0 aromatic rings. The normalized spacial score (nSPS) is 14.9. The van der Waals surface area contributed by atoms with Crippen molar-refractivity contribution in [3.63, 3.8) is 0 Å². The molecular formula is C32H51F3N2O5. The van der Waals surface area contributed by atoms with Gasteiger partial charge in [-0.3, -0.25) is 4.90 Å². The Morgan fingerprint density at radius 2 is 1.60 bits per heavy atom. The number of aliphatic carboxylic acids is 2. The van der Waals surface area contributed by atoms with Crippen molar-refractivity contribution in [1.82, 2.24) is 4.90 Å². The van der Waals surface area contributed by atoms with E-state index < -0.39 is 18.1 Å². The lowest BCUT2D eigenvalue weighted by Gasteiger charge is -2.32. The van der Waals surface area contributed by atoms with Gasteiger partial charge < -0.3 is 15.1 Å². The van der Waals surface area contributed by atoms with Crippen LogP contribution in [0, 0.1) is 11.8 Å². The number of carboxylic acid groups (broad SMARTS) is 2. The number of oxime groups is 1. The first kappa shape index (κ1) is 43.1. The van der Waals surface area contributed by atoms with E-state index in [2.05, 4.69) is 50.6 Å². The second-order valence-electron chi connectivity index (χ2n) is 9.59. The molecule has 0 saturated carbocycles. The van der Waals surface area contributed by atoms with Crippen LogP contribution in [0.3, 0.4) is 0 Å². The average Bonchev–Trinajstić information content (AvgIpc) is 2.92. The van der Waals surface area contributed by atoms with Crippen molar-refractivity contribution in [2.45, 2.75) is 73.4 Å². The summed E-state index contributed by atoms with van der Waals surface area (Å²) in [6, 6.07) is 0. The fourth-order valence-electron chi connectivity index (χ4n) is 3.30. The number of piperidine rings is 1. The Bertz CT molecular complexity index is 938. The predicted molar refractivity (Wildman–Crippen MR) is 167 cm³/mol. The van der Waals surface area contributed by atoms with Crippen LogP contribution in [0.25, 0.3) is 0 Å². The molecule has 1 aliphatic heterocycles. The summed E-state index contributed by atoms with van der Waals surface area (Å²) in [7, 11) is 1.54. The number of hydrogen-bond acceptors (Lipinski definition) is 5. The van der Waals surface area contributed by atoms with Gasteiger partial charge in [0.05, 0.1) is 11.3 Å². The molecule has 1 fully saturated rings. The summed E-state index contributed by atoms with van der Waals surface area (Å²) in [5, 5.41) is 20.4. The molecule has 0 radical (unpaired) electrons. The Hall–Kier alpha value is -3.40. The Morgan fingerprint density at radius 3 is 1.95 bits per heavy atom. The number of hydrogen-bond donors (Lipinski definition) is 2. The highest BCUT2D eigenvalue weighted by atomic mass is 19.4. The van der Waals surface area contributed by atoms with Gasteiger partial charge in [-0.05, 0) is 67.8 Å². The second-order valence-corrected chi connectivity index (χ2v) is 9.59. The molecule has 1 aliphatic rings. The second kappa shape index (κ2) is 25.3. The molecule has 0 unspecified atom stereocenters. The van der Waals surface area contributed by atoms with Crippen LogP contribution in [-0.4, -0.2) is 65.7 Å². The first-order valence-electron chi connectivity index (χ1n) is 14.0. The molecule has 7 nitrogen and oxygen atoms in total. The van der Waals surface area contributed by atoms with Crippen LogP contribution in [0.4, 0.5) is 13.2 Å². The van der Waals surface area contributed by atoms with Crippen molar-refractivity contribution in [3.8, 4) is 0 Å². The fourth-order valence-corrected chi connectivity index (χ4v) is 3.30. The summed E-state index contributed by atoms with van der Waals surface area (Å²) < 4.78 is 31.7. The highest BCUT2D eigenvalue weighted by molar-refractivity contribution is 6.02. The van der Waals surface area contributed by atoms with E-state index in [1.807, 2.05) is 39.0 Å². The van der Waals surface area contributed by atoms with Crippen LogP contribution in [0.5, 0.6) is 0 Å². The summed E-state index contributed by atoms with van der Waals surface area (Å²) in [6.45, 7) is 26.6. The third-order valence-electron chi connectivity index (χ3n) is 5.13. The summed E-state index contributed by atoms with van der Waals surface area (Å²) >= 11 is 0. The Balaban J connectivity index is -0.000000977. The van der Waals surface area contributed by atoms with Gasteiger partial charge in [-0.25, -0.2) is 9.59 Å². The molecule has 0 aromatic heterocycles. The van der Waals surface area contributed by atoms with E-state index in [4.69, 9.17) is 19.8 Å². The lowest BCUT2D eigenvalue weighted by molar-refractivity contribution is -0.192. The van der Waals surface area contributed by atoms with Crippen molar-refractivity contribution in [3.05, 3.63) is 72.9 Å². The Labute approximate surface area is 250 Å². The third-order valence-corrected chi connectivity index (χ3v) is 5.13. The maximum absolute atomic E-state index is 11.0. The van der Waals surface area contributed by atoms with Gasteiger partial charge in [-0.2, -0.15) is 13.2 Å². The summed E-state index contributed by atoms with van der Waals surface area (Å²) in [6.07, 6.45) is 9.69. The maximum atomic E-state index is 11.0. The first-order valence-corrected chi connectivity index (χ1v) is 14.0. The SMILES string of the molecule is C=C/C=C(\C=C)CN1CCC(CC(=N\OC)/C(/C=C\C(=C)C(=O)O)=C/CC)CC1.CC.CC(C)C.O=C(O)C(F)(F)F. The van der Waals surface area contributed by atoms with Crippen molar-refractivity contribution in [2.24, 2.45) is 17.0 Å². The standard InChI is InChI=1S/C24H34N2O3.C4H10.C2HF3O2.C2H6/c1-6-9-20(8-3)18-26-15-13-21(14-16-26)17-23(25-29-5)22(10-7-2)12-11-19(4)24(27)28;1-4(2)3;3-2(4,5)1(6)7;1-2/h6,8-12,21H,1,3-4,7,13-18H2,2,5H3,(H,27,28);4H,1-3H3;(H,6,7);1-2H3/b12-11-,20-9+,22-10+,25-23+;;;. The molecule has 42 heavy (non-hydrogen) atoms. The largest absolute Gasteiger partial charge is 0.490 e. The highest BCUT2D eigenvalue weighted by Crippen LogP contribution is 2.24. The number of rotatable bonds is 12. The topological polar surface area (TPSA) is 99.4 Å². The van der Waals surface area contributed by atoms with Crippen molar-refractivity contribution in [2.75, 3.05) is 26.7 Å². The van der Waals surface area contributed by atoms with Crippen LogP contribution in [0.15, 0.2) is 78.1 Å². The highest BCUT2D eigenvalue weighted by Gasteiger charge is 2.38. The molecule has 0 amide bonds. The van der Waals surface area contributed by atoms with Gasteiger partial charge in [-0.15, -0.1) is 0 Å². The van der Waals surface area contributed by atoms with Crippen LogP contribution in [-0.2, 0) is 14.4 Å². The molecule has 1 heterocycles. The minimum absolute atomic E-state index is 0.0441. The molecule has 0 atom stereocenters. The minimum atomic E-state index is -5.08. The van der Waals surface area contributed by atoms with E-state index in [1.54, 1.807) is 12.2 Å². The quantitative estimate of drug-likeness (QED) is 0.101. The molecule has 1 saturated heterocycles. The number of halogens is 3. The van der Waals surface area contributed by atoms with Crippen molar-refractivity contribution < 1.29 is 37.8 Å². The molecule has 0 bridgehead atoms. The van der Waals surface area contributed by atoms with Crippen molar-refractivity contribution >= 4 is 17.7 Å². The monoisotopic (exact) mass is 600 g/mol. The smallest absolute Gasteiger partial charge is 0.478 e. The number of nitrogens with zero attached hydrogens (tertiary/aromatic N) is 2. The summed E-state index contributed by atoms with van der Waals surface area (Å²) in [4.78, 5) is 27.4. The zero-order chi connectivity index (χ0) is 33.3. The van der Waals surface area contributed by atoms with E-state index in [1.165, 1.54) is 18.8 Å². The Kier molecular flexibility index (Phi) is 26.0. The van der Waals surface area contributed by atoms with Crippen LogP contribution < -0.4 is 0 Å². The van der Waals surface area contributed by atoms with E-state index in [0.717, 1.165) is 62.5 Å². The van der Waals surface area contributed by atoms with E-state index in [9.17, 15) is 18.0 Å². The van der Waals surface area contributed by atoms with E-state index in [0.29, 0.717) is 5.92 Å². The molecule has 1 rings (SSSR count). The zero-order valence-electron chi connectivity index (χ0n) is 26.3. The average molecular weight is 601 g/mol. The molecule has 0 aromatic carbocycles. The number of allylic oxidation sites excluding steroid dienone is 5. The number of alkyl halides is 3. The fraction of sp³-hybridized carbons (Fsp3) is 0.531. The van der Waals surface area contributed by atoms with Crippen molar-refractivity contribution in [1.29, 1.82) is 0 Å². The van der Waals surface area contributed by atoms with Gasteiger partial charge in [0.15, 0.2) is 0 Å². The summed E-state index contributed by atoms with van der Waals surface area (Å²) in [5.41, 5.74) is 2.96. The van der Waals surface area contributed by atoms with Gasteiger partial charge >= 0.3 is 18.1 Å². The van der Waals surface area contributed by atoms with Crippen LogP contribution >= 0.6 is 0 Å². The molecule has 10 heteroatoms. The molecule has 240 valence electrons. The van der Waals surface area contributed by atoms with E-state index in [-0.39, 0.29) is 5.57 Å². The van der Waals surface area contributed by atoms with Gasteiger partial charge in [0.25, 0.3) is 0 Å². The van der Waals surface area contributed by atoms with E-state index >= 15 is 0 Å². The lowest BCUT2D eigenvalue weighted by Crippen LogP contribution is -2.35. The van der Waals surface area contributed by atoms with Gasteiger partial charge in [-0.1, -0.05) is 96.8 Å². The van der Waals surface area contributed by atoms with Gasteiger partial charge in [0.2, 0.25) is 0 Å². The molecular weight excluding hydrogens is 549 g/mol. The number of carboxylic acids is 2. The summed E-state index contributed by atoms with van der Waals surface area (Å²) in [5.74, 6) is -2.45. The van der Waals surface area contributed by atoms with Crippen LogP contribution in [0.1, 0.15) is 67.2 Å². The van der Waals surface area contributed by atoms with Crippen LogP contribution in [0.2, 0.25) is 0 Å². The predicted octanol–water partition coefficient (Wildman–Crippen LogP) is 8.24. The van der Waals surface area contributed by atoms with Gasteiger partial charge in [0, 0.05) is 6.54 Å². The molecule has 0 aliphatic carbocycles. The molecule has 2 N–H and O–H groups in total. The zero-order valence-corrected chi connectivity index (χ0v) is 26.3. The minimum Gasteiger partial charge on any atom is -0.478 e. The Morgan fingerprint density at radius 1 is 1.10 bits per heavy atom. The van der Waals surface area contributed by atoms with Gasteiger partial charge in [0.1, 0.15) is 7.11 Å².